The van der Waals surface area contributed by atoms with Crippen LogP contribution in [-0.2, 0) is 19.1 Å². The number of anilines is 1. The molecule has 5 aliphatic rings. The van der Waals surface area contributed by atoms with Crippen LogP contribution in [0, 0.1) is 17.8 Å². The van der Waals surface area contributed by atoms with Gasteiger partial charge >= 0.3 is 0 Å². The number of likely N-dealkylation sites (tertiary alicyclic amines) is 1. The van der Waals surface area contributed by atoms with Gasteiger partial charge in [0.25, 0.3) is 0 Å². The summed E-state index contributed by atoms with van der Waals surface area (Å²) in [6.45, 7) is 4.63. The lowest BCUT2D eigenvalue weighted by Crippen LogP contribution is -2.60. The molecule has 8 heteroatoms. The van der Waals surface area contributed by atoms with Crippen molar-refractivity contribution in [2.45, 2.75) is 82.2 Å². The van der Waals surface area contributed by atoms with Crippen LogP contribution in [0.15, 0.2) is 54.6 Å². The fourth-order valence-corrected chi connectivity index (χ4v) is 7.83. The van der Waals surface area contributed by atoms with E-state index in [1.807, 2.05) is 73.4 Å². The smallest absolute Gasteiger partial charge is 0.249 e. The lowest BCUT2D eigenvalue weighted by molar-refractivity contribution is -0.153. The van der Waals surface area contributed by atoms with E-state index in [4.69, 9.17) is 4.74 Å². The molecule has 0 bridgehead atoms. The number of carbonyl (C=O) groups excluding carboxylic acids is 3. The first-order valence-corrected chi connectivity index (χ1v) is 15.0. The van der Waals surface area contributed by atoms with Gasteiger partial charge in [-0.05, 0) is 30.9 Å². The van der Waals surface area contributed by atoms with Gasteiger partial charge in [-0.25, -0.2) is 0 Å². The fourth-order valence-electron chi connectivity index (χ4n) is 7.83. The normalized spacial score (nSPS) is 33.9. The lowest BCUT2D eigenvalue weighted by atomic mass is 9.77. The van der Waals surface area contributed by atoms with Crippen LogP contribution in [0.5, 0.6) is 0 Å². The highest BCUT2D eigenvalue weighted by Crippen LogP contribution is 2.54. The van der Waals surface area contributed by atoms with Crippen molar-refractivity contribution < 1.29 is 24.2 Å². The molecule has 1 aromatic rings. The van der Waals surface area contributed by atoms with E-state index in [-0.39, 0.29) is 36.3 Å². The Hall–Kier alpha value is -2.97. The number of ether oxygens (including phenoxy) is 1. The monoisotopic (exact) mass is 547 g/mol. The van der Waals surface area contributed by atoms with E-state index in [9.17, 15) is 19.5 Å². The molecule has 4 heterocycles. The Morgan fingerprint density at radius 2 is 1.75 bits per heavy atom. The average Bonchev–Trinajstić information content (AvgIpc) is 3.29. The number of benzene rings is 1. The molecule has 0 aromatic heterocycles. The topological polar surface area (TPSA) is 90.4 Å². The minimum atomic E-state index is -1.27. The minimum absolute atomic E-state index is 0.0330. The minimum Gasteiger partial charge on any atom is -0.394 e. The first-order chi connectivity index (χ1) is 19.4. The number of amides is 3. The fraction of sp³-hybridized carbons (Fsp3) is 0.594. The quantitative estimate of drug-likeness (QED) is 0.552. The highest BCUT2D eigenvalue weighted by Gasteiger charge is 2.73. The maximum absolute atomic E-state index is 14.6. The molecular weight excluding hydrogens is 506 g/mol. The standard InChI is InChI=1S/C32H41N3O5/c1-3-21(2)24(20-36)35-28-31(39)34(23-14-8-5-9-15-23)19-11-17-32(28)27(30(35)38)26-25(40-32)16-10-18-33(29(26)37)22-12-6-4-7-13-22/h4,6-7,10-13,16-17,21,23-28,36H,3,5,8-9,14-15,18-20H2,1-2H3/t21-,24-,25+,26-,27-,28?,32-/m0/s1. The second kappa shape index (κ2) is 10.8. The molecule has 1 saturated carbocycles. The number of nitrogens with zero attached hydrogens (tertiary/aromatic N) is 3. The molecule has 0 radical (unpaired) electrons. The van der Waals surface area contributed by atoms with Gasteiger partial charge < -0.3 is 24.5 Å². The van der Waals surface area contributed by atoms with Gasteiger partial charge in [0, 0.05) is 24.8 Å². The average molecular weight is 548 g/mol. The van der Waals surface area contributed by atoms with E-state index in [1.54, 1.807) is 9.80 Å². The highest BCUT2D eigenvalue weighted by atomic mass is 16.5. The molecule has 1 aliphatic carbocycles. The molecule has 1 aromatic carbocycles. The van der Waals surface area contributed by atoms with Crippen LogP contribution < -0.4 is 4.90 Å². The molecule has 1 N–H and O–H groups in total. The van der Waals surface area contributed by atoms with E-state index in [2.05, 4.69) is 0 Å². The second-order valence-corrected chi connectivity index (χ2v) is 12.1. The Kier molecular flexibility index (Phi) is 7.34. The summed E-state index contributed by atoms with van der Waals surface area (Å²) in [5, 5.41) is 10.6. The first kappa shape index (κ1) is 27.2. The summed E-state index contributed by atoms with van der Waals surface area (Å²) in [4.78, 5) is 48.8. The third-order valence-corrected chi connectivity index (χ3v) is 10.1. The van der Waals surface area contributed by atoms with Crippen molar-refractivity contribution in [1.82, 2.24) is 9.80 Å². The molecule has 3 amide bonds. The van der Waals surface area contributed by atoms with Crippen molar-refractivity contribution in [1.29, 1.82) is 0 Å². The van der Waals surface area contributed by atoms with Crippen molar-refractivity contribution >= 4 is 23.4 Å². The van der Waals surface area contributed by atoms with Gasteiger partial charge in [0.1, 0.15) is 11.6 Å². The van der Waals surface area contributed by atoms with Gasteiger partial charge in [-0.3, -0.25) is 14.4 Å². The van der Waals surface area contributed by atoms with E-state index in [0.717, 1.165) is 37.8 Å². The first-order valence-electron chi connectivity index (χ1n) is 15.0. The van der Waals surface area contributed by atoms with Crippen LogP contribution in [-0.4, -0.2) is 82.2 Å². The molecule has 1 unspecified atom stereocenters. The number of aliphatic hydroxyl groups excluding tert-OH is 1. The van der Waals surface area contributed by atoms with Crippen molar-refractivity contribution in [3.63, 3.8) is 0 Å². The maximum atomic E-state index is 14.6. The summed E-state index contributed by atoms with van der Waals surface area (Å²) in [6.07, 6.45) is 13.1. The summed E-state index contributed by atoms with van der Waals surface area (Å²) < 4.78 is 6.80. The van der Waals surface area contributed by atoms with Crippen LogP contribution in [0.25, 0.3) is 0 Å². The van der Waals surface area contributed by atoms with Gasteiger partial charge in [-0.1, -0.05) is 82.0 Å². The molecule has 1 spiro atoms. The predicted molar refractivity (Wildman–Crippen MR) is 151 cm³/mol. The summed E-state index contributed by atoms with van der Waals surface area (Å²) in [5.41, 5.74) is -0.505. The second-order valence-electron chi connectivity index (χ2n) is 12.1. The van der Waals surface area contributed by atoms with Crippen molar-refractivity contribution in [3.05, 3.63) is 54.6 Å². The summed E-state index contributed by atoms with van der Waals surface area (Å²) >= 11 is 0. The zero-order valence-electron chi connectivity index (χ0n) is 23.5. The van der Waals surface area contributed by atoms with Gasteiger partial charge in [0.05, 0.1) is 30.6 Å². The van der Waals surface area contributed by atoms with Crippen LogP contribution >= 0.6 is 0 Å². The zero-order valence-corrected chi connectivity index (χ0v) is 23.5. The molecule has 214 valence electrons. The largest absolute Gasteiger partial charge is 0.394 e. The third kappa shape index (κ3) is 4.14. The number of para-hydroxylation sites is 1. The summed E-state index contributed by atoms with van der Waals surface area (Å²) in [6, 6.07) is 8.14. The Labute approximate surface area is 236 Å². The molecule has 6 rings (SSSR count). The number of rotatable bonds is 6. The van der Waals surface area contributed by atoms with Crippen LogP contribution in [0.2, 0.25) is 0 Å². The van der Waals surface area contributed by atoms with Crippen molar-refractivity contribution in [2.75, 3.05) is 24.6 Å². The SMILES string of the molecule is CC[C@H](C)[C@H](CO)N1C(=O)[C@@H]2[C@H]3C(=O)N(c4ccccc4)CC=C[C@H]3O[C@@]23C=CCN(C2CCCCC2)C(=O)C13. The zero-order chi connectivity index (χ0) is 28.0. The van der Waals surface area contributed by atoms with Gasteiger partial charge in [-0.15, -0.1) is 0 Å². The number of carbonyl (C=O) groups is 3. The Morgan fingerprint density at radius 3 is 2.45 bits per heavy atom. The Balaban J connectivity index is 1.45. The van der Waals surface area contributed by atoms with Crippen molar-refractivity contribution in [3.8, 4) is 0 Å². The van der Waals surface area contributed by atoms with Gasteiger partial charge in [-0.2, -0.15) is 0 Å². The number of fused-ring (bicyclic) bond motifs is 2. The van der Waals surface area contributed by atoms with E-state index in [0.29, 0.717) is 13.1 Å². The third-order valence-electron chi connectivity index (χ3n) is 10.1. The van der Waals surface area contributed by atoms with E-state index >= 15 is 0 Å². The van der Waals surface area contributed by atoms with E-state index < -0.39 is 35.6 Å². The number of hydrogen-bond acceptors (Lipinski definition) is 5. The molecular formula is C32H41N3O5. The maximum Gasteiger partial charge on any atom is 0.249 e. The summed E-state index contributed by atoms with van der Waals surface area (Å²) in [5.74, 6) is -2.22. The highest BCUT2D eigenvalue weighted by molar-refractivity contribution is 6.04. The summed E-state index contributed by atoms with van der Waals surface area (Å²) in [7, 11) is 0. The van der Waals surface area contributed by atoms with Crippen LogP contribution in [0.1, 0.15) is 52.4 Å². The van der Waals surface area contributed by atoms with Crippen LogP contribution in [0.3, 0.4) is 0 Å². The van der Waals surface area contributed by atoms with Crippen LogP contribution in [0.4, 0.5) is 5.69 Å². The molecule has 3 fully saturated rings. The lowest BCUT2D eigenvalue weighted by Gasteiger charge is -2.42. The Bertz CT molecular complexity index is 1190. The molecule has 7 atom stereocenters. The van der Waals surface area contributed by atoms with Crippen molar-refractivity contribution in [2.24, 2.45) is 17.8 Å². The number of aliphatic hydroxyl groups is 1. The molecule has 40 heavy (non-hydrogen) atoms. The Morgan fingerprint density at radius 1 is 1.00 bits per heavy atom. The molecule has 8 nitrogen and oxygen atoms in total. The molecule has 2 saturated heterocycles. The number of hydrogen-bond donors (Lipinski definition) is 1. The van der Waals surface area contributed by atoms with Gasteiger partial charge in [0.2, 0.25) is 17.7 Å². The predicted octanol–water partition coefficient (Wildman–Crippen LogP) is 3.31. The molecule has 4 aliphatic heterocycles. The van der Waals surface area contributed by atoms with E-state index in [1.165, 1.54) is 6.42 Å². The van der Waals surface area contributed by atoms with Gasteiger partial charge in [0.15, 0.2) is 0 Å².